The number of halogens is 1. The molecule has 0 aliphatic rings. The molecule has 0 radical (unpaired) electrons. The fraction of sp³-hybridized carbons (Fsp3) is 0.222. The molecule has 0 unspecified atom stereocenters. The lowest BCUT2D eigenvalue weighted by molar-refractivity contribution is -0.138. The summed E-state index contributed by atoms with van der Waals surface area (Å²) in [6.07, 6.45) is 0.256. The quantitative estimate of drug-likeness (QED) is 0.478. The first-order chi connectivity index (χ1) is 7.13. The van der Waals surface area contributed by atoms with E-state index in [1.165, 1.54) is 0 Å². The number of carbonyl (C=O) groups is 1. The highest BCUT2D eigenvalue weighted by molar-refractivity contribution is 5.85. The summed E-state index contributed by atoms with van der Waals surface area (Å²) in [5.41, 5.74) is 14.8. The highest BCUT2D eigenvalue weighted by Gasteiger charge is 2.11. The summed E-state index contributed by atoms with van der Waals surface area (Å²) in [5.74, 6) is -1.03. The maximum Gasteiger partial charge on any atom is 0.320 e. The van der Waals surface area contributed by atoms with Crippen LogP contribution in [0.3, 0.4) is 0 Å². The number of hydrogen-bond acceptors (Lipinski definition) is 3. The molecule has 0 spiro atoms. The Hall–Kier alpha value is -1.75. The van der Waals surface area contributed by atoms with Crippen LogP contribution in [0.5, 0.6) is 0 Å². The summed E-state index contributed by atoms with van der Waals surface area (Å²) >= 11 is 0. The Morgan fingerprint density at radius 2 is 2.06 bits per heavy atom. The topological polar surface area (TPSA) is 112 Å². The largest absolute Gasteiger partial charge is 0.480 e. The van der Waals surface area contributed by atoms with Gasteiger partial charge in [-0.05, 0) is 17.5 Å². The molecular formula is C9H11ClN4O2. The van der Waals surface area contributed by atoms with Crippen LogP contribution in [0.4, 0.5) is 5.69 Å². The van der Waals surface area contributed by atoms with Gasteiger partial charge in [0, 0.05) is 10.6 Å². The minimum Gasteiger partial charge on any atom is -0.480 e. The molecule has 1 rings (SSSR count). The van der Waals surface area contributed by atoms with Gasteiger partial charge in [-0.25, -0.2) is 0 Å². The third-order valence-electron chi connectivity index (χ3n) is 1.87. The highest BCUT2D eigenvalue weighted by Crippen LogP contribution is 2.13. The van der Waals surface area contributed by atoms with Gasteiger partial charge in [-0.15, -0.1) is 12.4 Å². The third kappa shape index (κ3) is 4.18. The number of nitrogens with two attached hydrogens (primary N) is 1. The molecule has 0 fully saturated rings. The second-order valence-corrected chi connectivity index (χ2v) is 3.00. The molecule has 1 aromatic rings. The predicted octanol–water partition coefficient (Wildman–Crippen LogP) is 2.00. The molecular weight excluding hydrogens is 232 g/mol. The van der Waals surface area contributed by atoms with E-state index >= 15 is 0 Å². The van der Waals surface area contributed by atoms with Crippen LogP contribution in [0.1, 0.15) is 5.56 Å². The van der Waals surface area contributed by atoms with Crippen LogP contribution in [0, 0.1) is 0 Å². The molecule has 0 saturated carbocycles. The van der Waals surface area contributed by atoms with Gasteiger partial charge >= 0.3 is 5.97 Å². The lowest BCUT2D eigenvalue weighted by Crippen LogP contribution is -2.32. The number of nitrogens with zero attached hydrogens (tertiary/aromatic N) is 3. The van der Waals surface area contributed by atoms with Crippen LogP contribution in [0.25, 0.3) is 10.4 Å². The Morgan fingerprint density at radius 1 is 1.50 bits per heavy atom. The summed E-state index contributed by atoms with van der Waals surface area (Å²) in [5, 5.41) is 12.0. The number of hydrogen-bond donors (Lipinski definition) is 2. The van der Waals surface area contributed by atoms with Crippen LogP contribution in [0.15, 0.2) is 29.4 Å². The zero-order valence-corrected chi connectivity index (χ0v) is 9.09. The predicted molar refractivity (Wildman–Crippen MR) is 61.8 cm³/mol. The van der Waals surface area contributed by atoms with Crippen molar-refractivity contribution in [3.8, 4) is 0 Å². The van der Waals surface area contributed by atoms with E-state index in [1.54, 1.807) is 24.3 Å². The van der Waals surface area contributed by atoms with Gasteiger partial charge in [0.15, 0.2) is 0 Å². The Morgan fingerprint density at radius 3 is 2.50 bits per heavy atom. The van der Waals surface area contributed by atoms with Crippen LogP contribution in [0.2, 0.25) is 0 Å². The lowest BCUT2D eigenvalue weighted by Gasteiger charge is -2.05. The molecule has 0 aliphatic heterocycles. The number of rotatable bonds is 4. The standard InChI is InChI=1S/C9H10N4O2.ClH/c10-8(9(14)15)5-6-1-3-7(4-2-6)12-13-11;/h1-4,8H,5,10H2,(H,14,15);1H/t8-;/m0./s1. The van der Waals surface area contributed by atoms with Gasteiger partial charge < -0.3 is 10.8 Å². The van der Waals surface area contributed by atoms with Crippen molar-refractivity contribution in [2.45, 2.75) is 12.5 Å². The number of aliphatic carboxylic acids is 1. The van der Waals surface area contributed by atoms with Gasteiger partial charge in [-0.3, -0.25) is 4.79 Å². The first-order valence-corrected chi connectivity index (χ1v) is 4.26. The summed E-state index contributed by atoms with van der Waals surface area (Å²) < 4.78 is 0. The number of carboxylic acids is 1. The number of carboxylic acid groups (broad SMARTS) is 1. The summed E-state index contributed by atoms with van der Waals surface area (Å²) in [6.45, 7) is 0. The maximum atomic E-state index is 10.5. The molecule has 0 bridgehead atoms. The van der Waals surface area contributed by atoms with Crippen molar-refractivity contribution in [3.63, 3.8) is 0 Å². The fourth-order valence-corrected chi connectivity index (χ4v) is 1.09. The van der Waals surface area contributed by atoms with Gasteiger partial charge in [-0.1, -0.05) is 29.4 Å². The van der Waals surface area contributed by atoms with E-state index in [1.807, 2.05) is 0 Å². The maximum absolute atomic E-state index is 10.5. The van der Waals surface area contributed by atoms with E-state index < -0.39 is 12.0 Å². The van der Waals surface area contributed by atoms with Crippen LogP contribution < -0.4 is 5.73 Å². The van der Waals surface area contributed by atoms with E-state index in [2.05, 4.69) is 10.0 Å². The van der Waals surface area contributed by atoms with Gasteiger partial charge in [0.05, 0.1) is 0 Å². The van der Waals surface area contributed by atoms with E-state index in [9.17, 15) is 4.79 Å². The first-order valence-electron chi connectivity index (χ1n) is 4.26. The fourth-order valence-electron chi connectivity index (χ4n) is 1.09. The second kappa shape index (κ2) is 6.68. The van der Waals surface area contributed by atoms with Crippen molar-refractivity contribution in [3.05, 3.63) is 40.3 Å². The van der Waals surface area contributed by atoms with Crippen LogP contribution in [-0.4, -0.2) is 17.1 Å². The summed E-state index contributed by atoms with van der Waals surface area (Å²) in [7, 11) is 0. The van der Waals surface area contributed by atoms with E-state index in [-0.39, 0.29) is 18.8 Å². The minimum atomic E-state index is -1.03. The van der Waals surface area contributed by atoms with Crippen molar-refractivity contribution < 1.29 is 9.90 Å². The van der Waals surface area contributed by atoms with Crippen molar-refractivity contribution in [1.29, 1.82) is 0 Å². The Bertz CT molecular complexity index is 400. The SMILES string of the molecule is Cl.[N-]=[N+]=Nc1ccc(C[C@H](N)C(=O)O)cc1. The number of benzene rings is 1. The molecule has 1 atom stereocenters. The van der Waals surface area contributed by atoms with Gasteiger partial charge in [0.1, 0.15) is 6.04 Å². The van der Waals surface area contributed by atoms with Crippen molar-refractivity contribution in [2.75, 3.05) is 0 Å². The first kappa shape index (κ1) is 14.2. The second-order valence-electron chi connectivity index (χ2n) is 3.00. The molecule has 6 nitrogen and oxygen atoms in total. The zero-order chi connectivity index (χ0) is 11.3. The lowest BCUT2D eigenvalue weighted by atomic mass is 10.1. The normalized spacial score (nSPS) is 10.8. The van der Waals surface area contributed by atoms with E-state index in [0.29, 0.717) is 5.69 Å². The third-order valence-corrected chi connectivity index (χ3v) is 1.87. The molecule has 7 heteroatoms. The molecule has 0 heterocycles. The Balaban J connectivity index is 0.00000225. The van der Waals surface area contributed by atoms with E-state index in [4.69, 9.17) is 16.4 Å². The van der Waals surface area contributed by atoms with Crippen LogP contribution in [-0.2, 0) is 11.2 Å². The smallest absolute Gasteiger partial charge is 0.320 e. The monoisotopic (exact) mass is 242 g/mol. The molecule has 3 N–H and O–H groups in total. The summed E-state index contributed by atoms with van der Waals surface area (Å²) in [4.78, 5) is 13.1. The van der Waals surface area contributed by atoms with Gasteiger partial charge in [0.25, 0.3) is 0 Å². The minimum absolute atomic E-state index is 0. The molecule has 0 saturated heterocycles. The molecule has 0 aromatic heterocycles. The molecule has 86 valence electrons. The van der Waals surface area contributed by atoms with Crippen molar-refractivity contribution in [2.24, 2.45) is 10.8 Å². The van der Waals surface area contributed by atoms with Gasteiger partial charge in [-0.2, -0.15) is 0 Å². The molecule has 0 amide bonds. The Kier molecular flexibility index (Phi) is 5.95. The van der Waals surface area contributed by atoms with Crippen molar-refractivity contribution in [1.82, 2.24) is 0 Å². The molecule has 1 aromatic carbocycles. The average Bonchev–Trinajstić information content (AvgIpc) is 2.21. The number of azide groups is 1. The van der Waals surface area contributed by atoms with Crippen molar-refractivity contribution >= 4 is 24.1 Å². The van der Waals surface area contributed by atoms with Gasteiger partial charge in [0.2, 0.25) is 0 Å². The Labute approximate surface area is 98.1 Å². The highest BCUT2D eigenvalue weighted by atomic mass is 35.5. The average molecular weight is 243 g/mol. The van der Waals surface area contributed by atoms with E-state index in [0.717, 1.165) is 5.56 Å². The summed E-state index contributed by atoms with van der Waals surface area (Å²) in [6, 6.07) is 5.70. The zero-order valence-electron chi connectivity index (χ0n) is 8.28. The molecule has 0 aliphatic carbocycles. The molecule has 16 heavy (non-hydrogen) atoms. The van der Waals surface area contributed by atoms with Crippen LogP contribution >= 0.6 is 12.4 Å².